The van der Waals surface area contributed by atoms with Gasteiger partial charge in [0.15, 0.2) is 0 Å². The first-order chi connectivity index (χ1) is 6.25. The predicted octanol–water partition coefficient (Wildman–Crippen LogP) is 2.52. The minimum absolute atomic E-state index is 0.169. The number of hydrogen-bond acceptors (Lipinski definition) is 2. The number of aliphatic hydroxyl groups is 1. The summed E-state index contributed by atoms with van der Waals surface area (Å²) in [4.78, 5) is 2.24. The van der Waals surface area contributed by atoms with Gasteiger partial charge in [-0.05, 0) is 32.7 Å². The highest BCUT2D eigenvalue weighted by Crippen LogP contribution is 2.33. The lowest BCUT2D eigenvalue weighted by molar-refractivity contribution is 0.0772. The molecule has 2 heteroatoms. The van der Waals surface area contributed by atoms with Crippen LogP contribution >= 0.6 is 0 Å². The van der Waals surface area contributed by atoms with Gasteiger partial charge < -0.3 is 5.11 Å². The zero-order valence-corrected chi connectivity index (χ0v) is 10.7. The van der Waals surface area contributed by atoms with E-state index in [0.717, 1.165) is 13.0 Å². The van der Waals surface area contributed by atoms with Crippen LogP contribution in [0.25, 0.3) is 0 Å². The average molecular weight is 201 g/mol. The van der Waals surface area contributed by atoms with Gasteiger partial charge in [-0.2, -0.15) is 0 Å². The topological polar surface area (TPSA) is 23.5 Å². The smallest absolute Gasteiger partial charge is 0.0558 e. The minimum Gasteiger partial charge on any atom is -0.395 e. The van der Waals surface area contributed by atoms with E-state index >= 15 is 0 Å². The van der Waals surface area contributed by atoms with Crippen LogP contribution in [0.3, 0.4) is 0 Å². The van der Waals surface area contributed by atoms with Crippen molar-refractivity contribution in [2.45, 2.75) is 53.0 Å². The third-order valence-electron chi connectivity index (χ3n) is 3.34. The van der Waals surface area contributed by atoms with Gasteiger partial charge in [0.05, 0.1) is 6.61 Å². The van der Waals surface area contributed by atoms with E-state index in [4.69, 9.17) is 5.11 Å². The van der Waals surface area contributed by atoms with Crippen LogP contribution in [0.2, 0.25) is 0 Å². The van der Waals surface area contributed by atoms with Crippen LogP contribution in [-0.2, 0) is 0 Å². The average Bonchev–Trinajstić information content (AvgIpc) is 2.03. The number of nitrogens with zero attached hydrogens (tertiary/aromatic N) is 1. The van der Waals surface area contributed by atoms with Crippen molar-refractivity contribution in [2.24, 2.45) is 5.41 Å². The van der Waals surface area contributed by atoms with Crippen molar-refractivity contribution < 1.29 is 5.11 Å². The van der Waals surface area contributed by atoms with E-state index in [0.29, 0.717) is 5.41 Å². The first-order valence-electron chi connectivity index (χ1n) is 5.57. The van der Waals surface area contributed by atoms with Gasteiger partial charge in [0, 0.05) is 12.1 Å². The first-order valence-corrected chi connectivity index (χ1v) is 5.57. The maximum absolute atomic E-state index is 8.91. The lowest BCUT2D eigenvalue weighted by atomic mass is 9.77. The summed E-state index contributed by atoms with van der Waals surface area (Å²) in [5.41, 5.74) is 0.551. The van der Waals surface area contributed by atoms with E-state index in [9.17, 15) is 0 Å². The Morgan fingerprint density at radius 1 is 1.14 bits per heavy atom. The summed E-state index contributed by atoms with van der Waals surface area (Å²) in [5, 5.41) is 8.91. The summed E-state index contributed by atoms with van der Waals surface area (Å²) in [6.45, 7) is 12.4. The van der Waals surface area contributed by atoms with Gasteiger partial charge in [0.25, 0.3) is 0 Å². The van der Waals surface area contributed by atoms with Crippen molar-refractivity contribution in [3.63, 3.8) is 0 Å². The molecule has 0 aliphatic heterocycles. The largest absolute Gasteiger partial charge is 0.395 e. The van der Waals surface area contributed by atoms with Gasteiger partial charge in [0.1, 0.15) is 0 Å². The highest BCUT2D eigenvalue weighted by atomic mass is 16.3. The molecule has 0 radical (unpaired) electrons. The summed E-state index contributed by atoms with van der Waals surface area (Å²) in [5.74, 6) is 0. The zero-order valence-electron chi connectivity index (χ0n) is 10.7. The van der Waals surface area contributed by atoms with Gasteiger partial charge >= 0.3 is 0 Å². The molecule has 0 bridgehead atoms. The van der Waals surface area contributed by atoms with Gasteiger partial charge in [-0.1, -0.05) is 27.2 Å². The molecule has 2 nitrogen and oxygen atoms in total. The Balaban J connectivity index is 4.31. The molecular weight excluding hydrogens is 174 g/mol. The highest BCUT2D eigenvalue weighted by molar-refractivity contribution is 4.85. The van der Waals surface area contributed by atoms with Gasteiger partial charge in [-0.15, -0.1) is 0 Å². The Kier molecular flexibility index (Phi) is 5.10. The third-order valence-corrected chi connectivity index (χ3v) is 3.34. The van der Waals surface area contributed by atoms with Crippen molar-refractivity contribution in [3.05, 3.63) is 0 Å². The number of β-amino-alcohol motifs (C(OH)–C–C–N with tert-alkyl or cyclic N) is 1. The summed E-state index contributed by atoms with van der Waals surface area (Å²) < 4.78 is 0. The lowest BCUT2D eigenvalue weighted by Gasteiger charge is -2.41. The highest BCUT2D eigenvalue weighted by Gasteiger charge is 2.30. The second-order valence-electron chi connectivity index (χ2n) is 5.65. The third kappa shape index (κ3) is 4.43. The van der Waals surface area contributed by atoms with Crippen LogP contribution in [-0.4, -0.2) is 35.7 Å². The fraction of sp³-hybridized carbons (Fsp3) is 1.00. The number of likely N-dealkylation sites (N-methyl/N-ethyl adjacent to an activating group) is 1. The Morgan fingerprint density at radius 3 is 2.00 bits per heavy atom. The number of hydrogen-bond donors (Lipinski definition) is 1. The summed E-state index contributed by atoms with van der Waals surface area (Å²) in [6.07, 6.45) is 2.36. The summed E-state index contributed by atoms with van der Waals surface area (Å²) in [6, 6.07) is 0. The predicted molar refractivity (Wildman–Crippen MR) is 62.5 cm³/mol. The second-order valence-corrected chi connectivity index (χ2v) is 5.65. The van der Waals surface area contributed by atoms with Gasteiger partial charge in [-0.3, -0.25) is 4.90 Å². The molecule has 0 saturated carbocycles. The number of rotatable bonds is 6. The van der Waals surface area contributed by atoms with Crippen molar-refractivity contribution in [1.29, 1.82) is 0 Å². The molecule has 0 amide bonds. The molecule has 0 aromatic carbocycles. The van der Waals surface area contributed by atoms with Crippen LogP contribution < -0.4 is 0 Å². The summed E-state index contributed by atoms with van der Waals surface area (Å²) in [7, 11) is 2.09. The van der Waals surface area contributed by atoms with E-state index < -0.39 is 0 Å². The molecule has 0 unspecified atom stereocenters. The molecule has 0 rings (SSSR count). The standard InChI is InChI=1S/C12H27NO/c1-7-11(2,3)10-12(4,5)13(6)8-9-14/h14H,7-10H2,1-6H3. The molecule has 0 aromatic rings. The molecule has 0 spiro atoms. The van der Waals surface area contributed by atoms with Gasteiger partial charge in [0.2, 0.25) is 0 Å². The monoisotopic (exact) mass is 201 g/mol. The maximum Gasteiger partial charge on any atom is 0.0558 e. The lowest BCUT2D eigenvalue weighted by Crippen LogP contribution is -2.45. The van der Waals surface area contributed by atoms with Crippen molar-refractivity contribution in [3.8, 4) is 0 Å². The van der Waals surface area contributed by atoms with Crippen LogP contribution in [0.4, 0.5) is 0 Å². The molecule has 1 N–H and O–H groups in total. The van der Waals surface area contributed by atoms with E-state index in [2.05, 4.69) is 46.6 Å². The fourth-order valence-electron chi connectivity index (χ4n) is 1.88. The zero-order chi connectivity index (χ0) is 11.4. The number of aliphatic hydroxyl groups excluding tert-OH is 1. The van der Waals surface area contributed by atoms with Gasteiger partial charge in [-0.25, -0.2) is 0 Å². The van der Waals surface area contributed by atoms with Crippen LogP contribution in [0.15, 0.2) is 0 Å². The van der Waals surface area contributed by atoms with E-state index in [-0.39, 0.29) is 12.1 Å². The molecular formula is C12H27NO. The molecule has 0 heterocycles. The molecule has 0 aliphatic carbocycles. The Morgan fingerprint density at radius 2 is 1.64 bits per heavy atom. The Hall–Kier alpha value is -0.0800. The normalized spacial score (nSPS) is 13.7. The van der Waals surface area contributed by atoms with E-state index in [1.54, 1.807) is 0 Å². The van der Waals surface area contributed by atoms with Crippen LogP contribution in [0.5, 0.6) is 0 Å². The minimum atomic E-state index is 0.169. The quantitative estimate of drug-likeness (QED) is 0.714. The molecule has 86 valence electrons. The first kappa shape index (κ1) is 13.9. The molecule has 0 fully saturated rings. The molecule has 0 aliphatic rings. The second kappa shape index (κ2) is 5.13. The Bertz CT molecular complexity index is 164. The molecule has 14 heavy (non-hydrogen) atoms. The Labute approximate surface area is 89.3 Å². The van der Waals surface area contributed by atoms with E-state index in [1.165, 1.54) is 6.42 Å². The molecule has 0 aromatic heterocycles. The van der Waals surface area contributed by atoms with Crippen LogP contribution in [0.1, 0.15) is 47.5 Å². The van der Waals surface area contributed by atoms with Crippen molar-refractivity contribution in [2.75, 3.05) is 20.2 Å². The SMILES string of the molecule is CCC(C)(C)CC(C)(C)N(C)CCO. The van der Waals surface area contributed by atoms with E-state index in [1.807, 2.05) is 0 Å². The van der Waals surface area contributed by atoms with Crippen molar-refractivity contribution in [1.82, 2.24) is 4.90 Å². The molecule has 0 saturated heterocycles. The molecule has 0 atom stereocenters. The maximum atomic E-state index is 8.91. The fourth-order valence-corrected chi connectivity index (χ4v) is 1.88. The van der Waals surface area contributed by atoms with Crippen molar-refractivity contribution >= 4 is 0 Å². The van der Waals surface area contributed by atoms with Crippen LogP contribution in [0, 0.1) is 5.41 Å². The summed E-state index contributed by atoms with van der Waals surface area (Å²) >= 11 is 0.